The van der Waals surface area contributed by atoms with E-state index in [0.29, 0.717) is 0 Å². The van der Waals surface area contributed by atoms with Gasteiger partial charge in [0.15, 0.2) is 0 Å². The van der Waals surface area contributed by atoms with Gasteiger partial charge in [0.2, 0.25) is 0 Å². The predicted octanol–water partition coefficient (Wildman–Crippen LogP) is 1.11. The van der Waals surface area contributed by atoms with Crippen LogP contribution in [0, 0.1) is 0 Å². The van der Waals surface area contributed by atoms with E-state index in [0.717, 1.165) is 31.1 Å². The van der Waals surface area contributed by atoms with Crippen molar-refractivity contribution in [2.45, 2.75) is 6.92 Å². The van der Waals surface area contributed by atoms with Gasteiger partial charge in [-0.15, -0.1) is 0 Å². The molecule has 1 aliphatic rings. The molecule has 1 fully saturated rings. The average molecular weight is 188 g/mol. The van der Waals surface area contributed by atoms with E-state index >= 15 is 0 Å². The first-order chi connectivity index (χ1) is 5.75. The van der Waals surface area contributed by atoms with E-state index in [2.05, 4.69) is 0 Å². The Morgan fingerprint density at radius 3 is 2.58 bits per heavy atom. The zero-order valence-corrected chi connectivity index (χ0v) is 8.56. The van der Waals surface area contributed by atoms with E-state index in [1.165, 1.54) is 0 Å². The number of amides is 2. The van der Waals surface area contributed by atoms with Gasteiger partial charge in [-0.1, -0.05) is 0 Å². The minimum Gasteiger partial charge on any atom is -0.328 e. The van der Waals surface area contributed by atoms with E-state index in [1.807, 2.05) is 30.6 Å². The van der Waals surface area contributed by atoms with Crippen molar-refractivity contribution < 1.29 is 4.79 Å². The van der Waals surface area contributed by atoms with Crippen molar-refractivity contribution in [1.82, 2.24) is 9.80 Å². The molecule has 0 aromatic rings. The second-order valence-corrected chi connectivity index (χ2v) is 4.12. The van der Waals surface area contributed by atoms with Gasteiger partial charge in [-0.3, -0.25) is 0 Å². The number of carbonyl (C=O) groups is 1. The van der Waals surface area contributed by atoms with Crippen molar-refractivity contribution in [3.05, 3.63) is 0 Å². The molecule has 12 heavy (non-hydrogen) atoms. The fourth-order valence-electron chi connectivity index (χ4n) is 1.13. The normalized spacial score (nSPS) is 17.7. The molecule has 0 spiro atoms. The van der Waals surface area contributed by atoms with E-state index < -0.39 is 0 Å². The Morgan fingerprint density at radius 2 is 2.08 bits per heavy atom. The summed E-state index contributed by atoms with van der Waals surface area (Å²) in [5, 5.41) is 0. The van der Waals surface area contributed by atoms with Crippen LogP contribution in [-0.2, 0) is 0 Å². The third kappa shape index (κ3) is 2.30. The standard InChI is InChI=1S/C8H16N2OS/c1-3-9(2)8(11)10-4-6-12-7-5-10/h3-7H2,1-2H3. The van der Waals surface area contributed by atoms with Crippen LogP contribution >= 0.6 is 11.8 Å². The number of thioether (sulfide) groups is 1. The number of urea groups is 1. The monoisotopic (exact) mass is 188 g/mol. The second kappa shape index (κ2) is 4.60. The molecule has 0 N–H and O–H groups in total. The Labute approximate surface area is 78.1 Å². The van der Waals surface area contributed by atoms with Gasteiger partial charge in [-0.2, -0.15) is 11.8 Å². The summed E-state index contributed by atoms with van der Waals surface area (Å²) in [7, 11) is 1.85. The molecule has 4 heteroatoms. The smallest absolute Gasteiger partial charge is 0.319 e. The SMILES string of the molecule is CCN(C)C(=O)N1CCSCC1. The summed E-state index contributed by atoms with van der Waals surface area (Å²) in [6, 6.07) is 0.179. The summed E-state index contributed by atoms with van der Waals surface area (Å²) in [5.74, 6) is 2.17. The first-order valence-electron chi connectivity index (χ1n) is 4.33. The summed E-state index contributed by atoms with van der Waals surface area (Å²) in [5.41, 5.74) is 0. The van der Waals surface area contributed by atoms with Crippen LogP contribution in [0.25, 0.3) is 0 Å². The Kier molecular flexibility index (Phi) is 3.72. The number of carbonyl (C=O) groups excluding carboxylic acids is 1. The third-order valence-corrected chi connectivity index (χ3v) is 3.02. The van der Waals surface area contributed by atoms with Gasteiger partial charge in [0.25, 0.3) is 0 Å². The van der Waals surface area contributed by atoms with Crippen LogP contribution in [0.5, 0.6) is 0 Å². The fraction of sp³-hybridized carbons (Fsp3) is 0.875. The summed E-state index contributed by atoms with van der Waals surface area (Å²) in [4.78, 5) is 15.3. The van der Waals surface area contributed by atoms with Crippen molar-refractivity contribution in [3.8, 4) is 0 Å². The van der Waals surface area contributed by atoms with Crippen molar-refractivity contribution in [2.75, 3.05) is 38.2 Å². The topological polar surface area (TPSA) is 23.6 Å². The van der Waals surface area contributed by atoms with Gasteiger partial charge >= 0.3 is 6.03 Å². The number of hydrogen-bond donors (Lipinski definition) is 0. The summed E-state index contributed by atoms with van der Waals surface area (Å²) in [6.07, 6.45) is 0. The molecule has 1 aliphatic heterocycles. The highest BCUT2D eigenvalue weighted by Crippen LogP contribution is 2.10. The summed E-state index contributed by atoms with van der Waals surface area (Å²) in [6.45, 7) is 4.61. The van der Waals surface area contributed by atoms with Crippen LogP contribution in [0.4, 0.5) is 4.79 Å². The minimum atomic E-state index is 0.179. The maximum Gasteiger partial charge on any atom is 0.319 e. The Balaban J connectivity index is 2.39. The highest BCUT2D eigenvalue weighted by Gasteiger charge is 2.18. The molecule has 0 radical (unpaired) electrons. The summed E-state index contributed by atoms with van der Waals surface area (Å²) < 4.78 is 0. The largest absolute Gasteiger partial charge is 0.328 e. The van der Waals surface area contributed by atoms with Gasteiger partial charge in [0.05, 0.1) is 0 Å². The molecule has 0 saturated carbocycles. The lowest BCUT2D eigenvalue weighted by Crippen LogP contribution is -2.45. The third-order valence-electron chi connectivity index (χ3n) is 2.08. The fourth-order valence-corrected chi connectivity index (χ4v) is 2.03. The van der Waals surface area contributed by atoms with Gasteiger partial charge in [-0.05, 0) is 6.92 Å². The first kappa shape index (κ1) is 9.71. The van der Waals surface area contributed by atoms with Crippen molar-refractivity contribution in [2.24, 2.45) is 0 Å². The van der Waals surface area contributed by atoms with Crippen molar-refractivity contribution in [1.29, 1.82) is 0 Å². The zero-order chi connectivity index (χ0) is 8.97. The molecular formula is C8H16N2OS. The molecule has 1 rings (SSSR count). The van der Waals surface area contributed by atoms with Crippen LogP contribution in [-0.4, -0.2) is 54.0 Å². The lowest BCUT2D eigenvalue weighted by atomic mass is 10.5. The van der Waals surface area contributed by atoms with E-state index in [-0.39, 0.29) is 6.03 Å². The van der Waals surface area contributed by atoms with Crippen LogP contribution < -0.4 is 0 Å². The molecule has 2 amide bonds. The molecule has 0 atom stereocenters. The number of hydrogen-bond acceptors (Lipinski definition) is 2. The molecule has 1 heterocycles. The molecule has 0 aliphatic carbocycles. The van der Waals surface area contributed by atoms with Gasteiger partial charge in [0.1, 0.15) is 0 Å². The maximum absolute atomic E-state index is 11.6. The molecule has 0 aromatic carbocycles. The molecule has 0 aromatic heterocycles. The zero-order valence-electron chi connectivity index (χ0n) is 7.75. The van der Waals surface area contributed by atoms with Gasteiger partial charge in [0, 0.05) is 38.2 Å². The van der Waals surface area contributed by atoms with Crippen molar-refractivity contribution >= 4 is 17.8 Å². The first-order valence-corrected chi connectivity index (χ1v) is 5.49. The number of rotatable bonds is 1. The summed E-state index contributed by atoms with van der Waals surface area (Å²) >= 11 is 1.92. The van der Waals surface area contributed by atoms with Crippen LogP contribution in [0.1, 0.15) is 6.92 Å². The van der Waals surface area contributed by atoms with Gasteiger partial charge < -0.3 is 9.80 Å². The lowest BCUT2D eigenvalue weighted by molar-refractivity contribution is 0.169. The van der Waals surface area contributed by atoms with E-state index in [1.54, 1.807) is 4.90 Å². The molecule has 3 nitrogen and oxygen atoms in total. The second-order valence-electron chi connectivity index (χ2n) is 2.90. The highest BCUT2D eigenvalue weighted by atomic mass is 32.2. The van der Waals surface area contributed by atoms with Crippen LogP contribution in [0.3, 0.4) is 0 Å². The minimum absolute atomic E-state index is 0.179. The molecule has 0 bridgehead atoms. The lowest BCUT2D eigenvalue weighted by Gasteiger charge is -2.30. The van der Waals surface area contributed by atoms with Crippen LogP contribution in [0.2, 0.25) is 0 Å². The van der Waals surface area contributed by atoms with Crippen molar-refractivity contribution in [3.63, 3.8) is 0 Å². The molecule has 70 valence electrons. The molecule has 1 saturated heterocycles. The Bertz CT molecular complexity index is 157. The maximum atomic E-state index is 11.6. The molecule has 0 unspecified atom stereocenters. The predicted molar refractivity (Wildman–Crippen MR) is 52.6 cm³/mol. The number of nitrogens with zero attached hydrogens (tertiary/aromatic N) is 2. The van der Waals surface area contributed by atoms with Crippen LogP contribution in [0.15, 0.2) is 0 Å². The van der Waals surface area contributed by atoms with E-state index in [9.17, 15) is 4.79 Å². The Morgan fingerprint density at radius 1 is 1.50 bits per heavy atom. The highest BCUT2D eigenvalue weighted by molar-refractivity contribution is 7.99. The quantitative estimate of drug-likeness (QED) is 0.615. The van der Waals surface area contributed by atoms with Gasteiger partial charge in [-0.25, -0.2) is 4.79 Å². The average Bonchev–Trinajstić information content (AvgIpc) is 2.17. The van der Waals surface area contributed by atoms with E-state index in [4.69, 9.17) is 0 Å². The molecular weight excluding hydrogens is 172 g/mol. The Hall–Kier alpha value is -0.380.